The second kappa shape index (κ2) is 4.90. The minimum Gasteiger partial charge on any atom is -0.305 e. The number of benzene rings is 1. The van der Waals surface area contributed by atoms with E-state index < -0.39 is 11.2 Å². The summed E-state index contributed by atoms with van der Waals surface area (Å²) >= 11 is 1.51. The van der Waals surface area contributed by atoms with E-state index in [1.807, 2.05) is 18.4 Å². The van der Waals surface area contributed by atoms with Crippen LogP contribution in [0.1, 0.15) is 10.4 Å². The van der Waals surface area contributed by atoms with Gasteiger partial charge in [-0.05, 0) is 36.1 Å². The van der Waals surface area contributed by atoms with Crippen LogP contribution in [0.25, 0.3) is 10.9 Å². The lowest BCUT2D eigenvalue weighted by Crippen LogP contribution is -2.32. The first-order valence-electron chi connectivity index (χ1n) is 5.99. The quantitative estimate of drug-likeness (QED) is 0.731. The Bertz CT molecular complexity index is 918. The molecule has 2 heterocycles. The molecule has 5 nitrogen and oxygen atoms in total. The molecule has 2 aromatic heterocycles. The third-order valence-corrected chi connectivity index (χ3v) is 3.93. The number of fused-ring (bicyclic) bond motifs is 1. The highest BCUT2D eigenvalue weighted by atomic mass is 32.1. The molecule has 1 N–H and O–H groups in total. The van der Waals surface area contributed by atoms with E-state index in [4.69, 9.17) is 0 Å². The highest BCUT2D eigenvalue weighted by Crippen LogP contribution is 2.12. The molecule has 20 heavy (non-hydrogen) atoms. The number of aromatic nitrogens is 2. The van der Waals surface area contributed by atoms with Gasteiger partial charge in [0.1, 0.15) is 0 Å². The van der Waals surface area contributed by atoms with Crippen LogP contribution in [0.5, 0.6) is 0 Å². The predicted octanol–water partition coefficient (Wildman–Crippen LogP) is 1.94. The Morgan fingerprint density at radius 3 is 2.80 bits per heavy atom. The van der Waals surface area contributed by atoms with Gasteiger partial charge in [-0.2, -0.15) is 5.10 Å². The number of thiophene rings is 1. The van der Waals surface area contributed by atoms with Crippen molar-refractivity contribution in [2.45, 2.75) is 6.92 Å². The molecular weight excluding hydrogens is 274 g/mol. The number of para-hydroxylation sites is 1. The number of aromatic amines is 1. The van der Waals surface area contributed by atoms with Crippen molar-refractivity contribution in [3.63, 3.8) is 0 Å². The van der Waals surface area contributed by atoms with Crippen LogP contribution < -0.4 is 11.2 Å². The highest BCUT2D eigenvalue weighted by molar-refractivity contribution is 7.11. The van der Waals surface area contributed by atoms with Crippen molar-refractivity contribution in [1.29, 1.82) is 0 Å². The molecule has 0 spiro atoms. The van der Waals surface area contributed by atoms with E-state index in [-0.39, 0.29) is 0 Å². The van der Waals surface area contributed by atoms with Crippen molar-refractivity contribution >= 4 is 28.5 Å². The van der Waals surface area contributed by atoms with E-state index >= 15 is 0 Å². The maximum atomic E-state index is 12.2. The SMILES string of the molecule is Cc1ccsc1C=Nn1c(=O)[nH]c2ccccc2c1=O. The molecule has 0 saturated carbocycles. The second-order valence-electron chi connectivity index (χ2n) is 4.31. The summed E-state index contributed by atoms with van der Waals surface area (Å²) in [4.78, 5) is 27.7. The third-order valence-electron chi connectivity index (χ3n) is 2.98. The molecule has 3 rings (SSSR count). The van der Waals surface area contributed by atoms with Crippen molar-refractivity contribution in [3.8, 4) is 0 Å². The number of hydrogen-bond acceptors (Lipinski definition) is 4. The van der Waals surface area contributed by atoms with Gasteiger partial charge in [-0.25, -0.2) is 4.79 Å². The Hall–Kier alpha value is -2.47. The van der Waals surface area contributed by atoms with E-state index in [1.54, 1.807) is 24.3 Å². The maximum Gasteiger partial charge on any atom is 0.349 e. The Labute approximate surface area is 117 Å². The second-order valence-corrected chi connectivity index (χ2v) is 5.25. The molecule has 0 aliphatic carbocycles. The smallest absolute Gasteiger partial charge is 0.305 e. The third kappa shape index (κ3) is 2.10. The fourth-order valence-corrected chi connectivity index (χ4v) is 2.67. The summed E-state index contributed by atoms with van der Waals surface area (Å²) in [6.07, 6.45) is 1.53. The predicted molar refractivity (Wildman–Crippen MR) is 80.9 cm³/mol. The summed E-state index contributed by atoms with van der Waals surface area (Å²) in [5.41, 5.74) is 0.610. The molecule has 6 heteroatoms. The van der Waals surface area contributed by atoms with E-state index in [2.05, 4.69) is 10.1 Å². The summed E-state index contributed by atoms with van der Waals surface area (Å²) < 4.78 is 0.849. The molecule has 0 amide bonds. The lowest BCUT2D eigenvalue weighted by molar-refractivity contribution is 0.771. The number of rotatable bonds is 2. The van der Waals surface area contributed by atoms with Gasteiger partial charge in [0.25, 0.3) is 5.56 Å². The summed E-state index contributed by atoms with van der Waals surface area (Å²) in [5, 5.41) is 6.38. The molecule has 100 valence electrons. The summed E-state index contributed by atoms with van der Waals surface area (Å²) in [6, 6.07) is 8.82. The van der Waals surface area contributed by atoms with Gasteiger partial charge >= 0.3 is 5.69 Å². The molecule has 0 aliphatic rings. The molecular formula is C14H11N3O2S. The van der Waals surface area contributed by atoms with Crippen LogP contribution in [0.4, 0.5) is 0 Å². The Morgan fingerprint density at radius 2 is 2.05 bits per heavy atom. The zero-order chi connectivity index (χ0) is 14.1. The molecule has 0 fully saturated rings. The molecule has 0 radical (unpaired) electrons. The number of aryl methyl sites for hydroxylation is 1. The van der Waals surface area contributed by atoms with Crippen molar-refractivity contribution in [2.75, 3.05) is 0 Å². The lowest BCUT2D eigenvalue weighted by Gasteiger charge is -2.00. The number of hydrogen-bond donors (Lipinski definition) is 1. The topological polar surface area (TPSA) is 67.2 Å². The van der Waals surface area contributed by atoms with Gasteiger partial charge in [0, 0.05) is 0 Å². The first-order valence-corrected chi connectivity index (χ1v) is 6.87. The standard InChI is InChI=1S/C14H11N3O2S/c1-9-6-7-20-12(9)8-15-17-13(18)10-4-2-3-5-11(10)16-14(17)19/h2-8H,1H3,(H,16,19). The van der Waals surface area contributed by atoms with Crippen LogP contribution in [0.2, 0.25) is 0 Å². The summed E-state index contributed by atoms with van der Waals surface area (Å²) in [6.45, 7) is 1.95. The average molecular weight is 285 g/mol. The van der Waals surface area contributed by atoms with E-state index in [0.29, 0.717) is 10.9 Å². The van der Waals surface area contributed by atoms with Gasteiger partial charge < -0.3 is 4.98 Å². The van der Waals surface area contributed by atoms with Crippen LogP contribution in [0.3, 0.4) is 0 Å². The largest absolute Gasteiger partial charge is 0.349 e. The average Bonchev–Trinajstić information content (AvgIpc) is 2.84. The minimum absolute atomic E-state index is 0.421. The van der Waals surface area contributed by atoms with Crippen molar-refractivity contribution in [3.05, 3.63) is 67.0 Å². The zero-order valence-corrected chi connectivity index (χ0v) is 11.5. The molecule has 0 bridgehead atoms. The molecule has 0 atom stereocenters. The highest BCUT2D eigenvalue weighted by Gasteiger charge is 2.05. The Morgan fingerprint density at radius 1 is 1.25 bits per heavy atom. The number of H-pyrrole nitrogens is 1. The summed E-state index contributed by atoms with van der Waals surface area (Å²) in [7, 11) is 0. The first kappa shape index (κ1) is 12.6. The fraction of sp³-hybridized carbons (Fsp3) is 0.0714. The molecule has 1 aromatic carbocycles. The fourth-order valence-electron chi connectivity index (χ4n) is 1.88. The molecule has 0 unspecified atom stereocenters. The van der Waals surface area contributed by atoms with Gasteiger partial charge in [-0.3, -0.25) is 4.79 Å². The van der Waals surface area contributed by atoms with Crippen LogP contribution in [-0.4, -0.2) is 15.9 Å². The van der Waals surface area contributed by atoms with Gasteiger partial charge in [0.2, 0.25) is 0 Å². The van der Waals surface area contributed by atoms with Crippen LogP contribution >= 0.6 is 11.3 Å². The number of nitrogens with one attached hydrogen (secondary N) is 1. The van der Waals surface area contributed by atoms with E-state index in [1.165, 1.54) is 17.6 Å². The summed E-state index contributed by atoms with van der Waals surface area (Å²) in [5.74, 6) is 0. The van der Waals surface area contributed by atoms with Gasteiger partial charge in [0.05, 0.1) is 22.0 Å². The number of nitrogens with zero attached hydrogens (tertiary/aromatic N) is 2. The first-order chi connectivity index (χ1) is 9.66. The molecule has 3 aromatic rings. The maximum absolute atomic E-state index is 12.2. The van der Waals surface area contributed by atoms with Crippen molar-refractivity contribution in [1.82, 2.24) is 9.66 Å². The van der Waals surface area contributed by atoms with E-state index in [9.17, 15) is 9.59 Å². The Balaban J connectivity index is 2.17. The van der Waals surface area contributed by atoms with Crippen molar-refractivity contribution in [2.24, 2.45) is 5.10 Å². The molecule has 0 aliphatic heterocycles. The van der Waals surface area contributed by atoms with Gasteiger partial charge in [-0.15, -0.1) is 16.0 Å². The van der Waals surface area contributed by atoms with Crippen LogP contribution in [-0.2, 0) is 0 Å². The van der Waals surface area contributed by atoms with Crippen LogP contribution in [0.15, 0.2) is 50.4 Å². The van der Waals surface area contributed by atoms with Crippen LogP contribution in [0, 0.1) is 6.92 Å². The minimum atomic E-state index is -0.542. The monoisotopic (exact) mass is 285 g/mol. The lowest BCUT2D eigenvalue weighted by atomic mass is 10.2. The molecule has 0 saturated heterocycles. The zero-order valence-electron chi connectivity index (χ0n) is 10.7. The Kier molecular flexibility index (Phi) is 3.08. The van der Waals surface area contributed by atoms with Crippen molar-refractivity contribution < 1.29 is 0 Å². The van der Waals surface area contributed by atoms with Gasteiger partial charge in [0.15, 0.2) is 0 Å². The van der Waals surface area contributed by atoms with E-state index in [0.717, 1.165) is 15.1 Å². The normalized spacial score (nSPS) is 11.4. The van der Waals surface area contributed by atoms with Gasteiger partial charge in [-0.1, -0.05) is 12.1 Å².